The van der Waals surface area contributed by atoms with E-state index in [2.05, 4.69) is 26.1 Å². The molecule has 104 valence electrons. The third-order valence-electron chi connectivity index (χ3n) is 3.46. The largest absolute Gasteiger partial charge is 0.345 e. The van der Waals surface area contributed by atoms with Gasteiger partial charge in [0.1, 0.15) is 0 Å². The molecular weight excluding hydrogens is 268 g/mol. The van der Waals surface area contributed by atoms with Gasteiger partial charge in [-0.05, 0) is 36.3 Å². The summed E-state index contributed by atoms with van der Waals surface area (Å²) in [5, 5.41) is 5.07. The second kappa shape index (κ2) is 7.77. The molecular formula is C13H23ClN2OS. The van der Waals surface area contributed by atoms with Gasteiger partial charge < -0.3 is 11.1 Å². The molecule has 0 saturated carbocycles. The van der Waals surface area contributed by atoms with Crippen molar-refractivity contribution >= 4 is 29.7 Å². The zero-order chi connectivity index (χ0) is 12.9. The van der Waals surface area contributed by atoms with E-state index in [1.54, 1.807) is 0 Å². The second-order valence-corrected chi connectivity index (χ2v) is 5.19. The first-order valence-electron chi connectivity index (χ1n) is 6.21. The summed E-state index contributed by atoms with van der Waals surface area (Å²) < 4.78 is 0. The Morgan fingerprint density at radius 3 is 2.44 bits per heavy atom. The van der Waals surface area contributed by atoms with Gasteiger partial charge in [0, 0.05) is 6.54 Å². The van der Waals surface area contributed by atoms with Crippen molar-refractivity contribution in [2.24, 2.45) is 5.73 Å². The van der Waals surface area contributed by atoms with Crippen LogP contribution in [0.1, 0.15) is 48.8 Å². The number of hydrogen-bond acceptors (Lipinski definition) is 3. The zero-order valence-corrected chi connectivity index (χ0v) is 12.9. The molecule has 0 aromatic carbocycles. The fourth-order valence-corrected chi connectivity index (χ4v) is 2.77. The van der Waals surface area contributed by atoms with Crippen LogP contribution in [0.25, 0.3) is 0 Å². The molecule has 0 fully saturated rings. The molecule has 1 aromatic rings. The third kappa shape index (κ3) is 3.70. The minimum Gasteiger partial charge on any atom is -0.345 e. The summed E-state index contributed by atoms with van der Waals surface area (Å²) in [6, 6.07) is 2.02. The Morgan fingerprint density at radius 2 is 2.00 bits per heavy atom. The Labute approximate surface area is 120 Å². The maximum Gasteiger partial charge on any atom is 0.262 e. The molecule has 0 atom stereocenters. The van der Waals surface area contributed by atoms with E-state index < -0.39 is 0 Å². The predicted octanol–water partition coefficient (Wildman–Crippen LogP) is 2.98. The molecule has 0 spiro atoms. The van der Waals surface area contributed by atoms with Gasteiger partial charge in [-0.25, -0.2) is 0 Å². The molecule has 0 aliphatic heterocycles. The van der Waals surface area contributed by atoms with Crippen molar-refractivity contribution in [1.82, 2.24) is 5.32 Å². The molecule has 3 N–H and O–H groups in total. The molecule has 1 amide bonds. The number of aryl methyl sites for hydroxylation is 1. The highest BCUT2D eigenvalue weighted by molar-refractivity contribution is 7.12. The van der Waals surface area contributed by atoms with Crippen molar-refractivity contribution in [1.29, 1.82) is 0 Å². The lowest BCUT2D eigenvalue weighted by Gasteiger charge is -2.31. The van der Waals surface area contributed by atoms with Crippen LogP contribution in [-0.2, 0) is 6.42 Å². The lowest BCUT2D eigenvalue weighted by molar-refractivity contribution is 0.0898. The van der Waals surface area contributed by atoms with Crippen molar-refractivity contribution in [3.05, 3.63) is 21.9 Å². The predicted molar refractivity (Wildman–Crippen MR) is 80.8 cm³/mol. The summed E-state index contributed by atoms with van der Waals surface area (Å²) in [6.07, 6.45) is 2.61. The number of thiophene rings is 1. The van der Waals surface area contributed by atoms with Crippen molar-refractivity contribution < 1.29 is 4.79 Å². The number of halogens is 1. The van der Waals surface area contributed by atoms with E-state index >= 15 is 0 Å². The highest BCUT2D eigenvalue weighted by atomic mass is 35.5. The van der Waals surface area contributed by atoms with Crippen LogP contribution in [0, 0.1) is 0 Å². The maximum atomic E-state index is 12.2. The highest BCUT2D eigenvalue weighted by Gasteiger charge is 2.27. The first-order valence-corrected chi connectivity index (χ1v) is 7.09. The lowest BCUT2D eigenvalue weighted by atomic mass is 9.92. The van der Waals surface area contributed by atoms with Gasteiger partial charge in [-0.1, -0.05) is 20.8 Å². The third-order valence-corrected chi connectivity index (χ3v) is 4.41. The molecule has 1 aromatic heterocycles. The molecule has 5 heteroatoms. The van der Waals surface area contributed by atoms with Crippen molar-refractivity contribution in [3.8, 4) is 0 Å². The first kappa shape index (κ1) is 17.4. The SMILES string of the molecule is CCc1ccsc1C(=O)NC(CC)(CC)CN.Cl. The van der Waals surface area contributed by atoms with Gasteiger partial charge in [0.25, 0.3) is 5.91 Å². The van der Waals surface area contributed by atoms with Gasteiger partial charge in [0.2, 0.25) is 0 Å². The standard InChI is InChI=1S/C13H22N2OS.ClH/c1-4-10-7-8-17-11(10)12(16)15-13(5-2,6-3)9-14;/h7-8H,4-6,9,14H2,1-3H3,(H,15,16);1H. The van der Waals surface area contributed by atoms with Gasteiger partial charge >= 0.3 is 0 Å². The van der Waals surface area contributed by atoms with E-state index in [0.717, 1.165) is 29.7 Å². The summed E-state index contributed by atoms with van der Waals surface area (Å²) in [4.78, 5) is 13.0. The molecule has 3 nitrogen and oxygen atoms in total. The van der Waals surface area contributed by atoms with E-state index in [9.17, 15) is 4.79 Å². The van der Waals surface area contributed by atoms with E-state index in [4.69, 9.17) is 5.73 Å². The number of carbonyl (C=O) groups is 1. The summed E-state index contributed by atoms with van der Waals surface area (Å²) in [7, 11) is 0. The Balaban J connectivity index is 0.00000289. The van der Waals surface area contributed by atoms with Crippen LogP contribution in [0.2, 0.25) is 0 Å². The van der Waals surface area contributed by atoms with Crippen molar-refractivity contribution in [2.75, 3.05) is 6.54 Å². The summed E-state index contributed by atoms with van der Waals surface area (Å²) in [5.74, 6) is 0.0194. The monoisotopic (exact) mass is 290 g/mol. The quantitative estimate of drug-likeness (QED) is 0.846. The van der Waals surface area contributed by atoms with E-state index in [1.165, 1.54) is 11.3 Å². The average molecular weight is 291 g/mol. The molecule has 18 heavy (non-hydrogen) atoms. The van der Waals surface area contributed by atoms with Crippen LogP contribution >= 0.6 is 23.7 Å². The Kier molecular flexibility index (Phi) is 7.52. The van der Waals surface area contributed by atoms with Gasteiger partial charge in [-0.3, -0.25) is 4.79 Å². The van der Waals surface area contributed by atoms with E-state index in [0.29, 0.717) is 6.54 Å². The van der Waals surface area contributed by atoms with Crippen LogP contribution in [-0.4, -0.2) is 18.0 Å². The van der Waals surface area contributed by atoms with Crippen LogP contribution in [0.4, 0.5) is 0 Å². The minimum atomic E-state index is -0.258. The van der Waals surface area contributed by atoms with Gasteiger partial charge in [0.15, 0.2) is 0 Å². The number of carbonyl (C=O) groups excluding carboxylic acids is 1. The van der Waals surface area contributed by atoms with Gasteiger partial charge in [-0.15, -0.1) is 23.7 Å². The maximum absolute atomic E-state index is 12.2. The Hall–Kier alpha value is -0.580. The van der Waals surface area contributed by atoms with Gasteiger partial charge in [-0.2, -0.15) is 0 Å². The molecule has 0 bridgehead atoms. The Morgan fingerprint density at radius 1 is 1.39 bits per heavy atom. The summed E-state index contributed by atoms with van der Waals surface area (Å²) >= 11 is 1.50. The number of hydrogen-bond donors (Lipinski definition) is 2. The van der Waals surface area contributed by atoms with Gasteiger partial charge in [0.05, 0.1) is 10.4 Å². The molecule has 1 rings (SSSR count). The summed E-state index contributed by atoms with van der Waals surface area (Å²) in [6.45, 7) is 6.67. The Bertz CT molecular complexity index is 367. The average Bonchev–Trinajstić information content (AvgIpc) is 2.84. The second-order valence-electron chi connectivity index (χ2n) is 4.27. The molecule has 1 heterocycles. The smallest absolute Gasteiger partial charge is 0.262 e. The summed E-state index contributed by atoms with van der Waals surface area (Å²) in [5.41, 5.74) is 6.65. The fourth-order valence-electron chi connectivity index (χ4n) is 1.88. The molecule has 0 radical (unpaired) electrons. The van der Waals surface area contributed by atoms with Crippen LogP contribution in [0.5, 0.6) is 0 Å². The van der Waals surface area contributed by atoms with Crippen LogP contribution < -0.4 is 11.1 Å². The van der Waals surface area contributed by atoms with E-state index in [-0.39, 0.29) is 23.9 Å². The first-order chi connectivity index (χ1) is 8.12. The molecule has 0 unspecified atom stereocenters. The minimum absolute atomic E-state index is 0. The normalized spacial score (nSPS) is 10.9. The number of rotatable bonds is 6. The van der Waals surface area contributed by atoms with Crippen molar-refractivity contribution in [3.63, 3.8) is 0 Å². The zero-order valence-electron chi connectivity index (χ0n) is 11.3. The van der Waals surface area contributed by atoms with E-state index in [1.807, 2.05) is 11.4 Å². The van der Waals surface area contributed by atoms with Crippen molar-refractivity contribution in [2.45, 2.75) is 45.6 Å². The fraction of sp³-hybridized carbons (Fsp3) is 0.615. The number of amides is 1. The molecule has 0 aliphatic carbocycles. The topological polar surface area (TPSA) is 55.1 Å². The van der Waals surface area contributed by atoms with Crippen LogP contribution in [0.3, 0.4) is 0 Å². The molecule has 0 aliphatic rings. The lowest BCUT2D eigenvalue weighted by Crippen LogP contribution is -2.52. The number of nitrogens with two attached hydrogens (primary N) is 1. The number of nitrogens with one attached hydrogen (secondary N) is 1. The van der Waals surface area contributed by atoms with Crippen LogP contribution in [0.15, 0.2) is 11.4 Å². The molecule has 0 saturated heterocycles. The highest BCUT2D eigenvalue weighted by Crippen LogP contribution is 2.20.